The number of carbonyl (C=O) groups excluding carboxylic acids is 3. The number of anilines is 1. The van der Waals surface area contributed by atoms with E-state index in [1.54, 1.807) is 24.3 Å². The van der Waals surface area contributed by atoms with Crippen molar-refractivity contribution >= 4 is 23.3 Å². The quantitative estimate of drug-likeness (QED) is 0.502. The average Bonchev–Trinajstić information content (AvgIpc) is 2.72. The van der Waals surface area contributed by atoms with Crippen molar-refractivity contribution in [2.75, 3.05) is 11.9 Å². The van der Waals surface area contributed by atoms with Crippen LogP contribution in [0, 0.1) is 0 Å². The first kappa shape index (κ1) is 22.1. The molecule has 0 fully saturated rings. The molecule has 0 aliphatic carbocycles. The van der Waals surface area contributed by atoms with Crippen molar-refractivity contribution in [1.82, 2.24) is 0 Å². The number of para-hydroxylation sites is 1. The molecule has 1 N–H and O–H groups in total. The molecule has 154 valence electrons. The van der Waals surface area contributed by atoms with Crippen molar-refractivity contribution < 1.29 is 23.9 Å². The van der Waals surface area contributed by atoms with Crippen LogP contribution in [0.2, 0.25) is 0 Å². The molecule has 1 amide bonds. The predicted molar refractivity (Wildman–Crippen MR) is 111 cm³/mol. The molecule has 0 saturated heterocycles. The van der Waals surface area contributed by atoms with E-state index in [-0.39, 0.29) is 12.4 Å². The zero-order valence-corrected chi connectivity index (χ0v) is 17.2. The monoisotopic (exact) mass is 397 g/mol. The van der Waals surface area contributed by atoms with Gasteiger partial charge in [0.25, 0.3) is 5.91 Å². The third-order valence-electron chi connectivity index (χ3n) is 4.66. The topological polar surface area (TPSA) is 81.7 Å². The second-order valence-corrected chi connectivity index (χ2v) is 6.89. The average molecular weight is 397 g/mol. The standard InChI is InChI=1S/C23H27NO5/c1-5-15(2)20-8-6-7-9-21(20)24-23(27)17(4)29-22(26)14-28-19-12-10-18(11-13-19)16(3)25/h6-13,15,17H,5,14H2,1-4H3,(H,24,27). The van der Waals surface area contributed by atoms with Crippen LogP contribution in [0.5, 0.6) is 5.75 Å². The molecule has 29 heavy (non-hydrogen) atoms. The highest BCUT2D eigenvalue weighted by atomic mass is 16.6. The van der Waals surface area contributed by atoms with Crippen LogP contribution in [-0.4, -0.2) is 30.4 Å². The van der Waals surface area contributed by atoms with Crippen LogP contribution in [0.15, 0.2) is 48.5 Å². The van der Waals surface area contributed by atoms with Crippen LogP contribution in [-0.2, 0) is 14.3 Å². The SMILES string of the molecule is CCC(C)c1ccccc1NC(=O)C(C)OC(=O)COc1ccc(C(C)=O)cc1. The van der Waals surface area contributed by atoms with Crippen LogP contribution >= 0.6 is 0 Å². The Balaban J connectivity index is 1.87. The number of benzene rings is 2. The van der Waals surface area contributed by atoms with E-state index in [2.05, 4.69) is 19.2 Å². The summed E-state index contributed by atoms with van der Waals surface area (Å²) in [6.07, 6.45) is -0.0153. The number of esters is 1. The first-order chi connectivity index (χ1) is 13.8. The van der Waals surface area contributed by atoms with Gasteiger partial charge < -0.3 is 14.8 Å². The number of ether oxygens (including phenoxy) is 2. The molecule has 0 aliphatic rings. The maximum absolute atomic E-state index is 12.4. The van der Waals surface area contributed by atoms with Crippen molar-refractivity contribution in [3.63, 3.8) is 0 Å². The molecule has 0 spiro atoms. The molecule has 2 aromatic rings. The first-order valence-corrected chi connectivity index (χ1v) is 9.64. The van der Waals surface area contributed by atoms with E-state index in [0.717, 1.165) is 17.7 Å². The van der Waals surface area contributed by atoms with Crippen molar-refractivity contribution in [3.8, 4) is 5.75 Å². The second-order valence-electron chi connectivity index (χ2n) is 6.89. The summed E-state index contributed by atoms with van der Waals surface area (Å²) in [7, 11) is 0. The van der Waals surface area contributed by atoms with Gasteiger partial charge in [0.2, 0.25) is 0 Å². The molecule has 2 rings (SSSR count). The summed E-state index contributed by atoms with van der Waals surface area (Å²) in [6.45, 7) is 6.83. The highest BCUT2D eigenvalue weighted by molar-refractivity contribution is 5.96. The number of rotatable bonds is 9. The van der Waals surface area contributed by atoms with Crippen molar-refractivity contribution in [1.29, 1.82) is 0 Å². The minimum absolute atomic E-state index is 0.0503. The molecule has 6 nitrogen and oxygen atoms in total. The van der Waals surface area contributed by atoms with Gasteiger partial charge >= 0.3 is 5.97 Å². The smallest absolute Gasteiger partial charge is 0.344 e. The van der Waals surface area contributed by atoms with Gasteiger partial charge in [0.1, 0.15) is 5.75 Å². The highest BCUT2D eigenvalue weighted by Gasteiger charge is 2.20. The number of carbonyl (C=O) groups is 3. The molecule has 6 heteroatoms. The Labute approximate surface area is 171 Å². The molecular formula is C23H27NO5. The molecule has 0 radical (unpaired) electrons. The van der Waals surface area contributed by atoms with Gasteiger partial charge in [-0.05, 0) is 62.1 Å². The van der Waals surface area contributed by atoms with E-state index < -0.39 is 18.0 Å². The summed E-state index contributed by atoms with van der Waals surface area (Å²) >= 11 is 0. The summed E-state index contributed by atoms with van der Waals surface area (Å²) in [5.41, 5.74) is 2.32. The minimum atomic E-state index is -0.962. The number of ketones is 1. The van der Waals surface area contributed by atoms with Gasteiger partial charge in [0.15, 0.2) is 18.5 Å². The molecular weight excluding hydrogens is 370 g/mol. The van der Waals surface area contributed by atoms with Crippen LogP contribution in [0.1, 0.15) is 56.0 Å². The molecule has 0 saturated carbocycles. The van der Waals surface area contributed by atoms with E-state index >= 15 is 0 Å². The van der Waals surface area contributed by atoms with Gasteiger partial charge in [0.05, 0.1) is 0 Å². The number of Topliss-reactive ketones (excluding diaryl/α,β-unsaturated/α-hetero) is 1. The normalized spacial score (nSPS) is 12.6. The fraction of sp³-hybridized carbons (Fsp3) is 0.348. The Bertz CT molecular complexity index is 860. The molecule has 0 bridgehead atoms. The van der Waals surface area contributed by atoms with Gasteiger partial charge in [-0.1, -0.05) is 32.0 Å². The molecule has 2 atom stereocenters. The number of hydrogen-bond donors (Lipinski definition) is 1. The Kier molecular flexibility index (Phi) is 7.95. The van der Waals surface area contributed by atoms with Crippen molar-refractivity contribution in [2.24, 2.45) is 0 Å². The number of amides is 1. The first-order valence-electron chi connectivity index (χ1n) is 9.64. The minimum Gasteiger partial charge on any atom is -0.482 e. The lowest BCUT2D eigenvalue weighted by Crippen LogP contribution is -2.32. The molecule has 0 aliphatic heterocycles. The summed E-state index contributed by atoms with van der Waals surface area (Å²) in [6, 6.07) is 14.0. The Morgan fingerprint density at radius 2 is 1.66 bits per heavy atom. The molecule has 0 heterocycles. The maximum atomic E-state index is 12.4. The molecule has 2 unspecified atom stereocenters. The summed E-state index contributed by atoms with van der Waals surface area (Å²) in [4.78, 5) is 35.7. The van der Waals surface area contributed by atoms with E-state index in [1.807, 2.05) is 24.3 Å². The Morgan fingerprint density at radius 1 is 1.00 bits per heavy atom. The lowest BCUT2D eigenvalue weighted by Gasteiger charge is -2.18. The van der Waals surface area contributed by atoms with Crippen LogP contribution in [0.4, 0.5) is 5.69 Å². The lowest BCUT2D eigenvalue weighted by molar-refractivity contribution is -0.155. The summed E-state index contributed by atoms with van der Waals surface area (Å²) < 4.78 is 10.5. The van der Waals surface area contributed by atoms with Crippen molar-refractivity contribution in [3.05, 3.63) is 59.7 Å². The predicted octanol–water partition coefficient (Wildman–Crippen LogP) is 4.35. The molecule has 2 aromatic carbocycles. The Hall–Kier alpha value is -3.15. The van der Waals surface area contributed by atoms with Gasteiger partial charge in [0, 0.05) is 11.3 Å². The summed E-state index contributed by atoms with van der Waals surface area (Å²) in [5.74, 6) is -0.372. The van der Waals surface area contributed by atoms with Gasteiger partial charge in [-0.2, -0.15) is 0 Å². The fourth-order valence-electron chi connectivity index (χ4n) is 2.71. The van der Waals surface area contributed by atoms with Gasteiger partial charge in [-0.15, -0.1) is 0 Å². The molecule has 0 aromatic heterocycles. The van der Waals surface area contributed by atoms with E-state index in [9.17, 15) is 14.4 Å². The number of hydrogen-bond acceptors (Lipinski definition) is 5. The van der Waals surface area contributed by atoms with Crippen LogP contribution < -0.4 is 10.1 Å². The van der Waals surface area contributed by atoms with Crippen LogP contribution in [0.25, 0.3) is 0 Å². The number of nitrogens with one attached hydrogen (secondary N) is 1. The highest BCUT2D eigenvalue weighted by Crippen LogP contribution is 2.26. The maximum Gasteiger partial charge on any atom is 0.344 e. The largest absolute Gasteiger partial charge is 0.482 e. The fourth-order valence-corrected chi connectivity index (χ4v) is 2.71. The second kappa shape index (κ2) is 10.4. The summed E-state index contributed by atoms with van der Waals surface area (Å²) in [5, 5.41) is 2.83. The third-order valence-corrected chi connectivity index (χ3v) is 4.66. The zero-order valence-electron chi connectivity index (χ0n) is 17.2. The van der Waals surface area contributed by atoms with Gasteiger partial charge in [-0.25, -0.2) is 4.79 Å². The lowest BCUT2D eigenvalue weighted by atomic mass is 9.97. The van der Waals surface area contributed by atoms with Gasteiger partial charge in [-0.3, -0.25) is 9.59 Å². The Morgan fingerprint density at radius 3 is 2.28 bits per heavy atom. The van der Waals surface area contributed by atoms with E-state index in [1.165, 1.54) is 13.8 Å². The van der Waals surface area contributed by atoms with E-state index in [4.69, 9.17) is 9.47 Å². The zero-order chi connectivity index (χ0) is 21.4. The van der Waals surface area contributed by atoms with Crippen molar-refractivity contribution in [2.45, 2.75) is 46.1 Å². The van der Waals surface area contributed by atoms with Crippen LogP contribution in [0.3, 0.4) is 0 Å². The third kappa shape index (κ3) is 6.45. The van der Waals surface area contributed by atoms with E-state index in [0.29, 0.717) is 17.2 Å².